The molecule has 2 aliphatic heterocycles. The number of amides is 1. The number of ether oxygens (including phenoxy) is 1. The molecule has 0 bridgehead atoms. The van der Waals surface area contributed by atoms with E-state index in [9.17, 15) is 36.6 Å². The summed E-state index contributed by atoms with van der Waals surface area (Å²) in [5.41, 5.74) is 4.80. The van der Waals surface area contributed by atoms with Crippen LogP contribution in [0.15, 0.2) is 18.2 Å². The summed E-state index contributed by atoms with van der Waals surface area (Å²) in [5, 5.41) is 9.26. The Bertz CT molecular complexity index is 1110. The van der Waals surface area contributed by atoms with Gasteiger partial charge in [0.25, 0.3) is 5.91 Å². The van der Waals surface area contributed by atoms with Gasteiger partial charge in [0.15, 0.2) is 0 Å². The zero-order chi connectivity index (χ0) is 26.8. The molecule has 2 atom stereocenters. The second-order valence-electron chi connectivity index (χ2n) is 8.76. The number of carbonyl (C=O) groups excluding carboxylic acids is 1. The van der Waals surface area contributed by atoms with E-state index >= 15 is 0 Å². The number of aromatic nitrogens is 1. The van der Waals surface area contributed by atoms with Crippen molar-refractivity contribution in [1.82, 2.24) is 9.47 Å². The molecule has 3 N–H and O–H groups in total. The van der Waals surface area contributed by atoms with Crippen molar-refractivity contribution in [2.45, 2.75) is 64.5 Å². The molecule has 2 aliphatic rings. The van der Waals surface area contributed by atoms with Gasteiger partial charge in [0.05, 0.1) is 30.0 Å². The van der Waals surface area contributed by atoms with Crippen molar-refractivity contribution in [3.05, 3.63) is 57.9 Å². The summed E-state index contributed by atoms with van der Waals surface area (Å²) in [7, 11) is 0. The fraction of sp³-hybridized carbons (Fsp3) is 0.500. The summed E-state index contributed by atoms with van der Waals surface area (Å²) < 4.78 is 70.2. The average Bonchev–Trinajstić information content (AvgIpc) is 3.41. The van der Waals surface area contributed by atoms with Crippen LogP contribution in [0.25, 0.3) is 0 Å². The number of carbonyl (C=O) groups is 2. The Hall–Kier alpha value is -2.99. The minimum atomic E-state index is -4.77. The Morgan fingerprint density at radius 1 is 1.19 bits per heavy atom. The molecule has 1 aromatic heterocycles. The lowest BCUT2D eigenvalue weighted by molar-refractivity contribution is -0.138. The van der Waals surface area contributed by atoms with Gasteiger partial charge in [-0.2, -0.15) is 13.2 Å². The summed E-state index contributed by atoms with van der Waals surface area (Å²) in [6.45, 7) is 5.67. The third-order valence-corrected chi connectivity index (χ3v) is 6.39. The normalized spacial score (nSPS) is 18.3. The monoisotopic (exact) mass is 517 g/mol. The zero-order valence-electron chi connectivity index (χ0n) is 19.9. The topological polar surface area (TPSA) is 97.8 Å². The Balaban J connectivity index is 0.000000207. The third-order valence-electron chi connectivity index (χ3n) is 6.39. The highest BCUT2D eigenvalue weighted by atomic mass is 19.4. The first-order chi connectivity index (χ1) is 16.9. The van der Waals surface area contributed by atoms with E-state index in [1.165, 1.54) is 6.07 Å². The number of halogens is 5. The molecule has 0 unspecified atom stereocenters. The van der Waals surface area contributed by atoms with Crippen molar-refractivity contribution in [3.8, 4) is 0 Å². The molecule has 2 aromatic rings. The SMILES string of the molecule is CC[C@@H](N)c1c(F)cc(C(F)(F)F)cc1F.C[C@H]1CCCN1C(=O)c1cc(C(=O)O)c2n1CCOC2. The van der Waals surface area contributed by atoms with E-state index in [1.807, 2.05) is 11.8 Å². The largest absolute Gasteiger partial charge is 0.478 e. The smallest absolute Gasteiger partial charge is 0.416 e. The fourth-order valence-electron chi connectivity index (χ4n) is 4.38. The molecule has 1 amide bonds. The highest BCUT2D eigenvalue weighted by molar-refractivity contribution is 5.98. The van der Waals surface area contributed by atoms with E-state index in [-0.39, 0.29) is 42.7 Å². The van der Waals surface area contributed by atoms with E-state index < -0.39 is 40.9 Å². The van der Waals surface area contributed by atoms with Crippen molar-refractivity contribution in [1.29, 1.82) is 0 Å². The van der Waals surface area contributed by atoms with Crippen molar-refractivity contribution < 1.29 is 41.4 Å². The fourth-order valence-corrected chi connectivity index (χ4v) is 4.38. The van der Waals surface area contributed by atoms with Crippen LogP contribution in [0, 0.1) is 11.6 Å². The molecule has 12 heteroatoms. The molecule has 198 valence electrons. The number of rotatable bonds is 4. The number of hydrogen-bond donors (Lipinski definition) is 2. The second kappa shape index (κ2) is 11.0. The van der Waals surface area contributed by atoms with Crippen LogP contribution in [0.2, 0.25) is 0 Å². The van der Waals surface area contributed by atoms with Gasteiger partial charge in [0.1, 0.15) is 17.3 Å². The Labute approximate surface area is 204 Å². The first-order valence-corrected chi connectivity index (χ1v) is 11.5. The third kappa shape index (κ3) is 5.70. The molecule has 0 spiro atoms. The van der Waals surface area contributed by atoms with Gasteiger partial charge < -0.3 is 25.0 Å². The van der Waals surface area contributed by atoms with Gasteiger partial charge >= 0.3 is 12.1 Å². The summed E-state index contributed by atoms with van der Waals surface area (Å²) in [5.74, 6) is -3.60. The highest BCUT2D eigenvalue weighted by Crippen LogP contribution is 2.33. The number of nitrogens with two attached hydrogens (primary N) is 1. The lowest BCUT2D eigenvalue weighted by atomic mass is 10.0. The van der Waals surface area contributed by atoms with Gasteiger partial charge in [-0.1, -0.05) is 6.92 Å². The van der Waals surface area contributed by atoms with Crippen LogP contribution in [0.5, 0.6) is 0 Å². The summed E-state index contributed by atoms with van der Waals surface area (Å²) >= 11 is 0. The number of alkyl halides is 3. The number of nitrogens with zero attached hydrogens (tertiary/aromatic N) is 2. The molecule has 4 rings (SSSR count). The van der Waals surface area contributed by atoms with Gasteiger partial charge in [-0.05, 0) is 44.4 Å². The standard InChI is InChI=1S/C14H18N2O4.C10H10F5N/c1-9-3-2-4-15(9)13(17)11-7-10(14(18)19)12-8-20-6-5-16(11)12;1-2-8(16)9-6(11)3-5(4-7(9)12)10(13,14)15/h7,9H,2-6,8H2,1H3,(H,18,19);3-4,8H,2,16H2,1H3/t9-;8-/m01/s1. The molecule has 3 heterocycles. The lowest BCUT2D eigenvalue weighted by Gasteiger charge is -2.24. The van der Waals surface area contributed by atoms with Gasteiger partial charge in [-0.3, -0.25) is 4.79 Å². The van der Waals surface area contributed by atoms with Crippen LogP contribution in [0.4, 0.5) is 22.0 Å². The molecule has 1 fully saturated rings. The van der Waals surface area contributed by atoms with Crippen molar-refractivity contribution in [2.24, 2.45) is 5.73 Å². The van der Waals surface area contributed by atoms with E-state index in [4.69, 9.17) is 10.5 Å². The molecular formula is C24H28F5N3O4. The second-order valence-corrected chi connectivity index (χ2v) is 8.76. The number of hydrogen-bond acceptors (Lipinski definition) is 4. The number of likely N-dealkylation sites (tertiary alicyclic amines) is 1. The quantitative estimate of drug-likeness (QED) is 0.572. The van der Waals surface area contributed by atoms with Gasteiger partial charge in [-0.25, -0.2) is 13.6 Å². The van der Waals surface area contributed by atoms with E-state index in [0.717, 1.165) is 19.4 Å². The number of carboxylic acid groups (broad SMARTS) is 1. The molecular weight excluding hydrogens is 489 g/mol. The molecule has 1 aromatic carbocycles. The first-order valence-electron chi connectivity index (χ1n) is 11.5. The molecule has 0 aliphatic carbocycles. The van der Waals surface area contributed by atoms with Crippen molar-refractivity contribution in [2.75, 3.05) is 13.2 Å². The van der Waals surface area contributed by atoms with Crippen LogP contribution in [0.1, 0.15) is 76.8 Å². The molecule has 0 saturated carbocycles. The summed E-state index contributed by atoms with van der Waals surface area (Å²) in [4.78, 5) is 25.8. The lowest BCUT2D eigenvalue weighted by Crippen LogP contribution is -2.35. The number of aromatic carboxylic acids is 1. The van der Waals surface area contributed by atoms with Crippen molar-refractivity contribution >= 4 is 11.9 Å². The average molecular weight is 517 g/mol. The van der Waals surface area contributed by atoms with E-state index in [1.54, 1.807) is 11.5 Å². The van der Waals surface area contributed by atoms with Crippen LogP contribution in [0.3, 0.4) is 0 Å². The minimum absolute atomic E-state index is 0.0642. The summed E-state index contributed by atoms with van der Waals surface area (Å²) in [6, 6.07) is 1.30. The van der Waals surface area contributed by atoms with Crippen LogP contribution in [-0.4, -0.2) is 45.6 Å². The molecule has 36 heavy (non-hydrogen) atoms. The van der Waals surface area contributed by atoms with Crippen LogP contribution >= 0.6 is 0 Å². The zero-order valence-corrected chi connectivity index (χ0v) is 19.9. The minimum Gasteiger partial charge on any atom is -0.478 e. The maximum atomic E-state index is 13.3. The van der Waals surface area contributed by atoms with E-state index in [0.29, 0.717) is 24.5 Å². The van der Waals surface area contributed by atoms with Gasteiger partial charge in [-0.15, -0.1) is 0 Å². The van der Waals surface area contributed by atoms with Gasteiger partial charge in [0, 0.05) is 30.7 Å². The maximum Gasteiger partial charge on any atom is 0.416 e. The molecule has 1 saturated heterocycles. The van der Waals surface area contributed by atoms with Crippen molar-refractivity contribution in [3.63, 3.8) is 0 Å². The Morgan fingerprint density at radius 3 is 2.33 bits per heavy atom. The first kappa shape index (κ1) is 27.6. The van der Waals surface area contributed by atoms with E-state index in [2.05, 4.69) is 0 Å². The number of benzene rings is 1. The number of carboxylic acids is 1. The highest BCUT2D eigenvalue weighted by Gasteiger charge is 2.34. The Morgan fingerprint density at radius 2 is 1.83 bits per heavy atom. The molecule has 0 radical (unpaired) electrons. The predicted molar refractivity (Wildman–Crippen MR) is 119 cm³/mol. The number of fused-ring (bicyclic) bond motifs is 1. The van der Waals surface area contributed by atoms with Crippen LogP contribution in [-0.2, 0) is 24.1 Å². The maximum absolute atomic E-state index is 13.3. The van der Waals surface area contributed by atoms with Gasteiger partial charge in [0.2, 0.25) is 0 Å². The predicted octanol–water partition coefficient (Wildman–Crippen LogP) is 4.73. The molecule has 7 nitrogen and oxygen atoms in total. The summed E-state index contributed by atoms with van der Waals surface area (Å²) in [6.07, 6.45) is -2.51. The Kier molecular flexibility index (Phi) is 8.40. The van der Waals surface area contributed by atoms with Crippen LogP contribution < -0.4 is 5.73 Å².